The number of aryl methyl sites for hydroxylation is 1. The Bertz CT molecular complexity index is 411. The molecule has 0 aliphatic rings. The smallest absolute Gasteiger partial charge is 0.148 e. The van der Waals surface area contributed by atoms with Gasteiger partial charge in [-0.15, -0.1) is 0 Å². The van der Waals surface area contributed by atoms with Crippen LogP contribution in [0.4, 0.5) is 0 Å². The highest BCUT2D eigenvalue weighted by molar-refractivity contribution is 7.90. The third-order valence-corrected chi connectivity index (χ3v) is 2.97. The molecule has 1 unspecified atom stereocenters. The standard InChI is InChI=1S/C9H16N2O3S/c1-7(6-15(3,12)13)10-5-9-4-8(2)14-11-9/h4,7,10H,5-6H2,1-3H3. The molecule has 15 heavy (non-hydrogen) atoms. The Kier molecular flexibility index (Phi) is 3.87. The highest BCUT2D eigenvalue weighted by Crippen LogP contribution is 2.01. The fourth-order valence-electron chi connectivity index (χ4n) is 1.29. The van der Waals surface area contributed by atoms with Gasteiger partial charge in [0.05, 0.1) is 11.4 Å². The van der Waals surface area contributed by atoms with Crippen molar-refractivity contribution in [2.75, 3.05) is 12.0 Å². The van der Waals surface area contributed by atoms with Crippen molar-refractivity contribution in [3.05, 3.63) is 17.5 Å². The zero-order valence-corrected chi connectivity index (χ0v) is 9.97. The minimum absolute atomic E-state index is 0.0861. The molecule has 0 spiro atoms. The van der Waals surface area contributed by atoms with Gasteiger partial charge >= 0.3 is 0 Å². The fraction of sp³-hybridized carbons (Fsp3) is 0.667. The van der Waals surface area contributed by atoms with E-state index in [1.54, 1.807) is 0 Å². The summed E-state index contributed by atoms with van der Waals surface area (Å²) in [7, 11) is -2.93. The topological polar surface area (TPSA) is 72.2 Å². The molecule has 0 aromatic carbocycles. The number of hydrogen-bond acceptors (Lipinski definition) is 5. The van der Waals surface area contributed by atoms with Gasteiger partial charge in [-0.3, -0.25) is 0 Å². The number of rotatable bonds is 5. The van der Waals surface area contributed by atoms with E-state index in [-0.39, 0.29) is 11.8 Å². The van der Waals surface area contributed by atoms with Crippen LogP contribution in [0.25, 0.3) is 0 Å². The Morgan fingerprint density at radius 2 is 2.27 bits per heavy atom. The first kappa shape index (κ1) is 12.2. The van der Waals surface area contributed by atoms with Crippen LogP contribution in [0.5, 0.6) is 0 Å². The zero-order valence-electron chi connectivity index (χ0n) is 9.15. The van der Waals surface area contributed by atoms with Crippen molar-refractivity contribution >= 4 is 9.84 Å². The van der Waals surface area contributed by atoms with Gasteiger partial charge in [0.1, 0.15) is 15.6 Å². The van der Waals surface area contributed by atoms with Gasteiger partial charge in [0.2, 0.25) is 0 Å². The lowest BCUT2D eigenvalue weighted by Gasteiger charge is -2.10. The first-order valence-electron chi connectivity index (χ1n) is 4.70. The van der Waals surface area contributed by atoms with Gasteiger partial charge in [0.15, 0.2) is 0 Å². The predicted molar refractivity (Wildman–Crippen MR) is 57.3 cm³/mol. The normalized spacial score (nSPS) is 14.1. The number of nitrogens with zero attached hydrogens (tertiary/aromatic N) is 1. The summed E-state index contributed by atoms with van der Waals surface area (Å²) in [5.74, 6) is 0.881. The summed E-state index contributed by atoms with van der Waals surface area (Å²) in [6.07, 6.45) is 1.23. The molecule has 6 heteroatoms. The molecule has 5 nitrogen and oxygen atoms in total. The molecule has 1 aromatic heterocycles. The molecular formula is C9H16N2O3S. The summed E-state index contributed by atoms with van der Waals surface area (Å²) >= 11 is 0. The second-order valence-corrected chi connectivity index (χ2v) is 5.99. The predicted octanol–water partition coefficient (Wildman–Crippen LogP) is 0.506. The van der Waals surface area contributed by atoms with E-state index in [0.717, 1.165) is 11.5 Å². The molecule has 0 bridgehead atoms. The van der Waals surface area contributed by atoms with Crippen LogP contribution < -0.4 is 5.32 Å². The molecule has 86 valence electrons. The van der Waals surface area contributed by atoms with Gasteiger partial charge in [-0.1, -0.05) is 5.16 Å². The monoisotopic (exact) mass is 232 g/mol. The average molecular weight is 232 g/mol. The molecule has 1 atom stereocenters. The van der Waals surface area contributed by atoms with E-state index in [4.69, 9.17) is 4.52 Å². The van der Waals surface area contributed by atoms with Crippen molar-refractivity contribution in [3.8, 4) is 0 Å². The Balaban J connectivity index is 2.37. The molecule has 1 N–H and O–H groups in total. The maximum atomic E-state index is 11.0. The second kappa shape index (κ2) is 4.76. The summed E-state index contributed by atoms with van der Waals surface area (Å²) in [5.41, 5.74) is 0.785. The van der Waals surface area contributed by atoms with Crippen molar-refractivity contribution in [1.82, 2.24) is 10.5 Å². The third-order valence-electron chi connectivity index (χ3n) is 1.86. The van der Waals surface area contributed by atoms with Crippen molar-refractivity contribution in [3.63, 3.8) is 0 Å². The van der Waals surface area contributed by atoms with Gasteiger partial charge in [-0.05, 0) is 13.8 Å². The second-order valence-electron chi connectivity index (χ2n) is 3.80. The lowest BCUT2D eigenvalue weighted by molar-refractivity contribution is 0.387. The van der Waals surface area contributed by atoms with Crippen LogP contribution in [-0.2, 0) is 16.4 Å². The van der Waals surface area contributed by atoms with Crippen LogP contribution in [0, 0.1) is 6.92 Å². The molecule has 0 aliphatic carbocycles. The van der Waals surface area contributed by atoms with Gasteiger partial charge in [-0.2, -0.15) is 0 Å². The summed E-state index contributed by atoms with van der Waals surface area (Å²) in [5, 5.41) is 6.86. The largest absolute Gasteiger partial charge is 0.361 e. The zero-order chi connectivity index (χ0) is 11.5. The quantitative estimate of drug-likeness (QED) is 0.800. The third kappa shape index (κ3) is 4.94. The molecule has 1 aromatic rings. The summed E-state index contributed by atoms with van der Waals surface area (Å²) in [4.78, 5) is 0. The van der Waals surface area contributed by atoms with Crippen molar-refractivity contribution in [2.24, 2.45) is 0 Å². The van der Waals surface area contributed by atoms with E-state index >= 15 is 0 Å². The Morgan fingerprint density at radius 3 is 2.73 bits per heavy atom. The highest BCUT2D eigenvalue weighted by atomic mass is 32.2. The maximum absolute atomic E-state index is 11.0. The average Bonchev–Trinajstić information content (AvgIpc) is 2.45. The fourth-order valence-corrected chi connectivity index (χ4v) is 2.32. The molecule has 1 rings (SSSR count). The van der Waals surface area contributed by atoms with E-state index in [9.17, 15) is 8.42 Å². The van der Waals surface area contributed by atoms with Crippen molar-refractivity contribution < 1.29 is 12.9 Å². The molecule has 0 aliphatic heterocycles. The van der Waals surface area contributed by atoms with Crippen LogP contribution in [0.1, 0.15) is 18.4 Å². The van der Waals surface area contributed by atoms with Gasteiger partial charge in [-0.25, -0.2) is 8.42 Å². The molecular weight excluding hydrogens is 216 g/mol. The lowest BCUT2D eigenvalue weighted by Crippen LogP contribution is -2.32. The Hall–Kier alpha value is -0.880. The first-order chi connectivity index (χ1) is 6.87. The number of nitrogens with one attached hydrogen (secondary N) is 1. The summed E-state index contributed by atoms with van der Waals surface area (Å²) in [6.45, 7) is 4.17. The van der Waals surface area contributed by atoms with Crippen LogP contribution in [-0.4, -0.2) is 31.6 Å². The maximum Gasteiger partial charge on any atom is 0.148 e. The molecule has 0 fully saturated rings. The first-order valence-corrected chi connectivity index (χ1v) is 6.76. The number of hydrogen-bond donors (Lipinski definition) is 1. The summed E-state index contributed by atoms with van der Waals surface area (Å²) < 4.78 is 26.9. The van der Waals surface area contributed by atoms with Crippen molar-refractivity contribution in [1.29, 1.82) is 0 Å². The van der Waals surface area contributed by atoms with Crippen LogP contribution in [0.15, 0.2) is 10.6 Å². The van der Waals surface area contributed by atoms with Gasteiger partial charge in [0, 0.05) is 24.9 Å². The minimum Gasteiger partial charge on any atom is -0.361 e. The van der Waals surface area contributed by atoms with Crippen LogP contribution in [0.3, 0.4) is 0 Å². The van der Waals surface area contributed by atoms with Crippen molar-refractivity contribution in [2.45, 2.75) is 26.4 Å². The minimum atomic E-state index is -2.93. The Morgan fingerprint density at radius 1 is 1.60 bits per heavy atom. The number of sulfone groups is 1. The highest BCUT2D eigenvalue weighted by Gasteiger charge is 2.10. The van der Waals surface area contributed by atoms with Gasteiger partial charge in [0.25, 0.3) is 0 Å². The number of aromatic nitrogens is 1. The van der Waals surface area contributed by atoms with E-state index < -0.39 is 9.84 Å². The molecule has 0 saturated heterocycles. The molecule has 0 radical (unpaired) electrons. The van der Waals surface area contributed by atoms with E-state index in [1.807, 2.05) is 19.9 Å². The molecule has 0 saturated carbocycles. The van der Waals surface area contributed by atoms with Crippen LogP contribution >= 0.6 is 0 Å². The SMILES string of the molecule is Cc1cc(CNC(C)CS(C)(=O)=O)no1. The van der Waals surface area contributed by atoms with Gasteiger partial charge < -0.3 is 9.84 Å². The van der Waals surface area contributed by atoms with Crippen LogP contribution in [0.2, 0.25) is 0 Å². The van der Waals surface area contributed by atoms with E-state index in [0.29, 0.717) is 6.54 Å². The molecule has 0 amide bonds. The Labute approximate surface area is 89.8 Å². The summed E-state index contributed by atoms with van der Waals surface area (Å²) in [6, 6.07) is 1.73. The van der Waals surface area contributed by atoms with E-state index in [1.165, 1.54) is 6.26 Å². The van der Waals surface area contributed by atoms with E-state index in [2.05, 4.69) is 10.5 Å². The molecule has 1 heterocycles. The lowest BCUT2D eigenvalue weighted by atomic mass is 10.3.